The van der Waals surface area contributed by atoms with Crippen molar-refractivity contribution >= 4 is 5.69 Å². The van der Waals surface area contributed by atoms with Gasteiger partial charge in [-0.05, 0) is 18.2 Å². The Labute approximate surface area is 153 Å². The van der Waals surface area contributed by atoms with Crippen molar-refractivity contribution in [1.29, 1.82) is 0 Å². The predicted molar refractivity (Wildman–Crippen MR) is 100.0 cm³/mol. The van der Waals surface area contributed by atoms with E-state index in [0.717, 1.165) is 38.3 Å². The number of rotatable bonds is 6. The molecule has 2 aromatic carbocycles. The van der Waals surface area contributed by atoms with Gasteiger partial charge in [0.15, 0.2) is 11.5 Å². The lowest BCUT2D eigenvalue weighted by atomic mass is 10.1. The fourth-order valence-corrected chi connectivity index (χ4v) is 3.38. The molecule has 0 atom stereocenters. The third-order valence-corrected chi connectivity index (χ3v) is 4.75. The second-order valence-electron chi connectivity index (χ2n) is 6.21. The number of para-hydroxylation sites is 1. The number of hydrogen-bond acceptors (Lipinski definition) is 5. The molecular weight excluding hydrogens is 335 g/mol. The van der Waals surface area contributed by atoms with E-state index in [0.29, 0.717) is 22.9 Å². The fourth-order valence-electron chi connectivity index (χ4n) is 3.38. The number of benzene rings is 2. The van der Waals surface area contributed by atoms with Gasteiger partial charge >= 0.3 is 0 Å². The number of halogens is 1. The van der Waals surface area contributed by atoms with Crippen molar-refractivity contribution in [3.8, 4) is 17.2 Å². The molecule has 3 rings (SSSR count). The number of anilines is 1. The fraction of sp³-hybridized carbons (Fsp3) is 0.400. The van der Waals surface area contributed by atoms with E-state index in [9.17, 15) is 4.39 Å². The van der Waals surface area contributed by atoms with Crippen LogP contribution in [0.1, 0.15) is 5.56 Å². The van der Waals surface area contributed by atoms with Crippen LogP contribution in [-0.4, -0.2) is 52.4 Å². The zero-order chi connectivity index (χ0) is 18.5. The molecule has 0 unspecified atom stereocenters. The van der Waals surface area contributed by atoms with Gasteiger partial charge in [-0.25, -0.2) is 4.39 Å². The largest absolute Gasteiger partial charge is 0.493 e. The number of nitrogens with zero attached hydrogens (tertiary/aromatic N) is 2. The highest BCUT2D eigenvalue weighted by Gasteiger charge is 2.22. The highest BCUT2D eigenvalue weighted by Crippen LogP contribution is 2.40. The monoisotopic (exact) mass is 360 g/mol. The van der Waals surface area contributed by atoms with Crippen LogP contribution in [0.5, 0.6) is 17.2 Å². The predicted octanol–water partition coefficient (Wildman–Crippen LogP) is 3.17. The average molecular weight is 360 g/mol. The maximum atomic E-state index is 14.0. The van der Waals surface area contributed by atoms with Gasteiger partial charge in [-0.1, -0.05) is 18.2 Å². The van der Waals surface area contributed by atoms with Gasteiger partial charge in [0.1, 0.15) is 5.82 Å². The molecule has 0 aliphatic carbocycles. The molecule has 0 amide bonds. The maximum Gasteiger partial charge on any atom is 0.203 e. The van der Waals surface area contributed by atoms with Crippen molar-refractivity contribution in [3.05, 3.63) is 47.8 Å². The minimum absolute atomic E-state index is 0.164. The second-order valence-corrected chi connectivity index (χ2v) is 6.21. The SMILES string of the molecule is COc1ccc(CN2CCN(c3ccccc3F)CC2)c(OC)c1OC. The summed E-state index contributed by atoms with van der Waals surface area (Å²) in [5.41, 5.74) is 1.72. The maximum absolute atomic E-state index is 14.0. The van der Waals surface area contributed by atoms with Crippen LogP contribution in [0.2, 0.25) is 0 Å². The first-order valence-electron chi connectivity index (χ1n) is 8.67. The number of piperazine rings is 1. The topological polar surface area (TPSA) is 34.2 Å². The van der Waals surface area contributed by atoms with Gasteiger partial charge in [-0.3, -0.25) is 4.90 Å². The second kappa shape index (κ2) is 8.27. The molecule has 1 aliphatic heterocycles. The van der Waals surface area contributed by atoms with E-state index in [1.165, 1.54) is 6.07 Å². The molecule has 0 radical (unpaired) electrons. The van der Waals surface area contributed by atoms with Gasteiger partial charge < -0.3 is 19.1 Å². The standard InChI is InChI=1S/C20H25FN2O3/c1-24-18-9-8-15(19(25-2)20(18)26-3)14-22-10-12-23(13-11-22)17-7-5-4-6-16(17)21/h4-9H,10-14H2,1-3H3. The summed E-state index contributed by atoms with van der Waals surface area (Å²) in [4.78, 5) is 4.43. The van der Waals surface area contributed by atoms with Gasteiger partial charge in [0.25, 0.3) is 0 Å². The van der Waals surface area contributed by atoms with Crippen LogP contribution < -0.4 is 19.1 Å². The Balaban J connectivity index is 1.69. The first-order valence-corrected chi connectivity index (χ1v) is 8.67. The molecule has 0 bridgehead atoms. The molecule has 2 aromatic rings. The summed E-state index contributed by atoms with van der Waals surface area (Å²) in [6.07, 6.45) is 0. The summed E-state index contributed by atoms with van der Waals surface area (Å²) in [6, 6.07) is 10.8. The third-order valence-electron chi connectivity index (χ3n) is 4.75. The number of hydrogen-bond donors (Lipinski definition) is 0. The lowest BCUT2D eigenvalue weighted by Gasteiger charge is -2.36. The third kappa shape index (κ3) is 3.70. The van der Waals surface area contributed by atoms with E-state index < -0.39 is 0 Å². The van der Waals surface area contributed by atoms with Crippen molar-refractivity contribution in [1.82, 2.24) is 4.90 Å². The molecule has 0 aromatic heterocycles. The average Bonchev–Trinajstić information content (AvgIpc) is 2.68. The van der Waals surface area contributed by atoms with Crippen LogP contribution in [0.25, 0.3) is 0 Å². The minimum atomic E-state index is -0.164. The lowest BCUT2D eigenvalue weighted by molar-refractivity contribution is 0.243. The molecule has 1 saturated heterocycles. The van der Waals surface area contributed by atoms with Crippen molar-refractivity contribution in [2.45, 2.75) is 6.54 Å². The zero-order valence-electron chi connectivity index (χ0n) is 15.5. The van der Waals surface area contributed by atoms with Crippen LogP contribution in [0, 0.1) is 5.82 Å². The van der Waals surface area contributed by atoms with Crippen LogP contribution in [-0.2, 0) is 6.54 Å². The Morgan fingerprint density at radius 1 is 0.846 bits per heavy atom. The quantitative estimate of drug-likeness (QED) is 0.790. The first-order chi connectivity index (χ1) is 12.7. The molecule has 140 valence electrons. The van der Waals surface area contributed by atoms with E-state index in [2.05, 4.69) is 9.80 Å². The molecule has 1 aliphatic rings. The minimum Gasteiger partial charge on any atom is -0.493 e. The lowest BCUT2D eigenvalue weighted by Crippen LogP contribution is -2.46. The van der Waals surface area contributed by atoms with Crippen molar-refractivity contribution in [2.75, 3.05) is 52.4 Å². The van der Waals surface area contributed by atoms with E-state index in [4.69, 9.17) is 14.2 Å². The Morgan fingerprint density at radius 3 is 2.15 bits per heavy atom. The number of methoxy groups -OCH3 is 3. The molecule has 1 fully saturated rings. The Hall–Kier alpha value is -2.47. The van der Waals surface area contributed by atoms with Gasteiger partial charge in [-0.15, -0.1) is 0 Å². The van der Waals surface area contributed by atoms with E-state index >= 15 is 0 Å². The molecule has 5 nitrogen and oxygen atoms in total. The van der Waals surface area contributed by atoms with Gasteiger partial charge in [0, 0.05) is 38.3 Å². The smallest absolute Gasteiger partial charge is 0.203 e. The highest BCUT2D eigenvalue weighted by molar-refractivity contribution is 5.55. The molecule has 6 heteroatoms. The summed E-state index contributed by atoms with van der Waals surface area (Å²) < 4.78 is 30.3. The molecular formula is C20H25FN2O3. The molecule has 26 heavy (non-hydrogen) atoms. The summed E-state index contributed by atoms with van der Waals surface area (Å²) in [6.45, 7) is 4.03. The molecule has 0 N–H and O–H groups in total. The summed E-state index contributed by atoms with van der Waals surface area (Å²) >= 11 is 0. The van der Waals surface area contributed by atoms with Crippen LogP contribution >= 0.6 is 0 Å². The molecule has 1 heterocycles. The zero-order valence-corrected chi connectivity index (χ0v) is 15.5. The van der Waals surface area contributed by atoms with E-state index in [1.54, 1.807) is 27.4 Å². The van der Waals surface area contributed by atoms with Crippen molar-refractivity contribution in [2.24, 2.45) is 0 Å². The first kappa shape index (κ1) is 18.3. The Morgan fingerprint density at radius 2 is 1.54 bits per heavy atom. The normalized spacial score (nSPS) is 15.0. The van der Waals surface area contributed by atoms with Gasteiger partial charge in [0.2, 0.25) is 5.75 Å². The Bertz CT molecular complexity index is 746. The highest BCUT2D eigenvalue weighted by atomic mass is 19.1. The van der Waals surface area contributed by atoms with E-state index in [1.807, 2.05) is 24.3 Å². The molecule has 0 saturated carbocycles. The van der Waals surface area contributed by atoms with Gasteiger partial charge in [-0.2, -0.15) is 0 Å². The summed E-state index contributed by atoms with van der Waals surface area (Å²) in [5.74, 6) is 1.79. The Kier molecular flexibility index (Phi) is 5.83. The van der Waals surface area contributed by atoms with Crippen LogP contribution in [0.4, 0.5) is 10.1 Å². The molecule has 0 spiro atoms. The van der Waals surface area contributed by atoms with E-state index in [-0.39, 0.29) is 5.82 Å². The summed E-state index contributed by atoms with van der Waals surface area (Å²) in [5, 5.41) is 0. The number of ether oxygens (including phenoxy) is 3. The van der Waals surface area contributed by atoms with Crippen molar-refractivity contribution in [3.63, 3.8) is 0 Å². The van der Waals surface area contributed by atoms with Crippen molar-refractivity contribution < 1.29 is 18.6 Å². The van der Waals surface area contributed by atoms with Crippen LogP contribution in [0.15, 0.2) is 36.4 Å². The van der Waals surface area contributed by atoms with Gasteiger partial charge in [0.05, 0.1) is 27.0 Å². The van der Waals surface area contributed by atoms with Crippen LogP contribution in [0.3, 0.4) is 0 Å². The summed E-state index contributed by atoms with van der Waals surface area (Å²) in [7, 11) is 4.85.